The van der Waals surface area contributed by atoms with Crippen molar-refractivity contribution in [2.75, 3.05) is 13.2 Å². The summed E-state index contributed by atoms with van der Waals surface area (Å²) in [4.78, 5) is 8.76. The molecule has 21 heavy (non-hydrogen) atoms. The van der Waals surface area contributed by atoms with Gasteiger partial charge in [-0.15, -0.1) is 0 Å². The lowest BCUT2D eigenvalue weighted by Gasteiger charge is -2.33. The second-order valence-corrected chi connectivity index (χ2v) is 6.28. The van der Waals surface area contributed by atoms with Gasteiger partial charge >= 0.3 is 0 Å². The van der Waals surface area contributed by atoms with Crippen molar-refractivity contribution >= 4 is 0 Å². The molecule has 5 nitrogen and oxygen atoms in total. The van der Waals surface area contributed by atoms with E-state index in [9.17, 15) is 0 Å². The number of hydrogen-bond donors (Lipinski definition) is 2. The highest BCUT2D eigenvalue weighted by Gasteiger charge is 2.27. The normalized spacial score (nSPS) is 33.8. The monoisotopic (exact) mass is 290 g/mol. The van der Waals surface area contributed by atoms with Gasteiger partial charge in [0.25, 0.3) is 0 Å². The average Bonchev–Trinajstić information content (AvgIpc) is 2.55. The summed E-state index contributed by atoms with van der Waals surface area (Å²) in [7, 11) is 0. The van der Waals surface area contributed by atoms with Crippen LogP contribution in [-0.2, 0) is 4.74 Å². The van der Waals surface area contributed by atoms with E-state index >= 15 is 0 Å². The van der Waals surface area contributed by atoms with Crippen molar-refractivity contribution < 1.29 is 4.74 Å². The van der Waals surface area contributed by atoms with Gasteiger partial charge in [-0.05, 0) is 51.1 Å². The number of ether oxygens (including phenoxy) is 1. The zero-order valence-corrected chi connectivity index (χ0v) is 12.6. The Kier molecular flexibility index (Phi) is 5.17. The van der Waals surface area contributed by atoms with Gasteiger partial charge in [0.2, 0.25) is 0 Å². The minimum absolute atomic E-state index is 0.243. The Morgan fingerprint density at radius 2 is 1.90 bits per heavy atom. The molecule has 0 aromatic carbocycles. The Balaban J connectivity index is 1.41. The maximum atomic E-state index is 6.13. The molecule has 1 aliphatic heterocycles. The minimum atomic E-state index is 0.243. The molecule has 1 aromatic rings. The zero-order chi connectivity index (χ0) is 14.5. The van der Waals surface area contributed by atoms with Crippen LogP contribution in [0.4, 0.5) is 0 Å². The molecule has 2 atom stereocenters. The molecule has 0 bridgehead atoms. The Labute approximate surface area is 126 Å². The summed E-state index contributed by atoms with van der Waals surface area (Å²) in [6, 6.07) is 2.44. The first kappa shape index (κ1) is 14.9. The van der Waals surface area contributed by atoms with Crippen LogP contribution in [-0.4, -0.2) is 41.3 Å². The highest BCUT2D eigenvalue weighted by molar-refractivity contribution is 4.99. The summed E-state index contributed by atoms with van der Waals surface area (Å²) in [6.07, 6.45) is 10.8. The van der Waals surface area contributed by atoms with Crippen molar-refractivity contribution in [3.8, 4) is 0 Å². The van der Waals surface area contributed by atoms with Gasteiger partial charge in [0.05, 0.1) is 12.7 Å². The van der Waals surface area contributed by atoms with Crippen LogP contribution in [0.3, 0.4) is 0 Å². The standard InChI is InChI=1S/C16H26N4O/c17-14-3-1-8-18-15(14)11-21-13-6-4-12(5-7-13)16-19-9-2-10-20-16/h2,9-10,12-15,18H,1,3-8,11,17H2/t12?,13?,14-,15-/m0/s1. The van der Waals surface area contributed by atoms with E-state index in [4.69, 9.17) is 10.5 Å². The molecule has 3 N–H and O–H groups in total. The highest BCUT2D eigenvalue weighted by atomic mass is 16.5. The summed E-state index contributed by atoms with van der Waals surface area (Å²) in [5.41, 5.74) is 6.13. The van der Waals surface area contributed by atoms with E-state index in [0.717, 1.165) is 51.1 Å². The molecule has 2 aliphatic rings. The quantitative estimate of drug-likeness (QED) is 0.881. The summed E-state index contributed by atoms with van der Waals surface area (Å²) >= 11 is 0. The fourth-order valence-corrected chi connectivity index (χ4v) is 3.41. The lowest BCUT2D eigenvalue weighted by molar-refractivity contribution is 0.00577. The SMILES string of the molecule is N[C@H]1CCCN[C@H]1COC1CCC(c2ncccn2)CC1. The highest BCUT2D eigenvalue weighted by Crippen LogP contribution is 2.32. The summed E-state index contributed by atoms with van der Waals surface area (Å²) in [5, 5.41) is 3.47. The Bertz CT molecular complexity index is 420. The fraction of sp³-hybridized carbons (Fsp3) is 0.750. The van der Waals surface area contributed by atoms with Crippen molar-refractivity contribution in [2.45, 2.75) is 62.6 Å². The van der Waals surface area contributed by atoms with Crippen LogP contribution in [0.5, 0.6) is 0 Å². The maximum Gasteiger partial charge on any atom is 0.131 e. The number of nitrogens with one attached hydrogen (secondary N) is 1. The lowest BCUT2D eigenvalue weighted by atomic mass is 9.86. The van der Waals surface area contributed by atoms with E-state index in [-0.39, 0.29) is 6.04 Å². The molecule has 1 aliphatic carbocycles. The molecule has 116 valence electrons. The maximum absolute atomic E-state index is 6.13. The van der Waals surface area contributed by atoms with E-state index in [2.05, 4.69) is 15.3 Å². The second kappa shape index (κ2) is 7.29. The van der Waals surface area contributed by atoms with Crippen LogP contribution in [0.1, 0.15) is 50.3 Å². The van der Waals surface area contributed by atoms with Gasteiger partial charge in [-0.2, -0.15) is 0 Å². The lowest BCUT2D eigenvalue weighted by Crippen LogP contribution is -2.52. The second-order valence-electron chi connectivity index (χ2n) is 6.28. The van der Waals surface area contributed by atoms with Gasteiger partial charge in [0, 0.05) is 30.4 Å². The fourth-order valence-electron chi connectivity index (χ4n) is 3.41. The molecule has 0 amide bonds. The van der Waals surface area contributed by atoms with Crippen molar-refractivity contribution in [1.82, 2.24) is 15.3 Å². The van der Waals surface area contributed by atoms with Crippen LogP contribution in [0.2, 0.25) is 0 Å². The van der Waals surface area contributed by atoms with Crippen LogP contribution in [0.15, 0.2) is 18.5 Å². The van der Waals surface area contributed by atoms with Crippen LogP contribution < -0.4 is 11.1 Å². The van der Waals surface area contributed by atoms with E-state index < -0.39 is 0 Å². The third-order valence-corrected chi connectivity index (χ3v) is 4.77. The van der Waals surface area contributed by atoms with Crippen molar-refractivity contribution in [2.24, 2.45) is 5.73 Å². The summed E-state index contributed by atoms with van der Waals surface area (Å²) < 4.78 is 6.09. The van der Waals surface area contributed by atoms with Gasteiger partial charge in [0.1, 0.15) is 5.82 Å². The van der Waals surface area contributed by atoms with E-state index in [0.29, 0.717) is 18.1 Å². The summed E-state index contributed by atoms with van der Waals surface area (Å²) in [5.74, 6) is 1.49. The molecule has 0 radical (unpaired) electrons. The molecule has 3 rings (SSSR count). The number of hydrogen-bond acceptors (Lipinski definition) is 5. The first-order chi connectivity index (χ1) is 10.3. The van der Waals surface area contributed by atoms with Gasteiger partial charge in [-0.1, -0.05) is 0 Å². The predicted molar refractivity (Wildman–Crippen MR) is 82.0 cm³/mol. The van der Waals surface area contributed by atoms with Gasteiger partial charge in [-0.25, -0.2) is 9.97 Å². The number of nitrogens with zero attached hydrogens (tertiary/aromatic N) is 2. The molecule has 0 spiro atoms. The van der Waals surface area contributed by atoms with Crippen molar-refractivity contribution in [3.05, 3.63) is 24.3 Å². The van der Waals surface area contributed by atoms with Crippen molar-refractivity contribution in [1.29, 1.82) is 0 Å². The van der Waals surface area contributed by atoms with E-state index in [1.165, 1.54) is 6.42 Å². The van der Waals surface area contributed by atoms with Gasteiger partial charge in [0.15, 0.2) is 0 Å². The molecule has 5 heteroatoms. The Morgan fingerprint density at radius 1 is 1.14 bits per heavy atom. The predicted octanol–water partition coefficient (Wildman–Crippen LogP) is 1.60. The van der Waals surface area contributed by atoms with Gasteiger partial charge in [-0.3, -0.25) is 0 Å². The molecule has 2 fully saturated rings. The van der Waals surface area contributed by atoms with Crippen LogP contribution in [0, 0.1) is 0 Å². The first-order valence-corrected chi connectivity index (χ1v) is 8.20. The number of rotatable bonds is 4. The largest absolute Gasteiger partial charge is 0.377 e. The van der Waals surface area contributed by atoms with Crippen LogP contribution >= 0.6 is 0 Å². The van der Waals surface area contributed by atoms with E-state index in [1.807, 2.05) is 18.5 Å². The first-order valence-electron chi connectivity index (χ1n) is 8.20. The molecule has 1 saturated carbocycles. The number of nitrogens with two attached hydrogens (primary N) is 1. The smallest absolute Gasteiger partial charge is 0.131 e. The summed E-state index contributed by atoms with van der Waals surface area (Å²) in [6.45, 7) is 1.82. The van der Waals surface area contributed by atoms with E-state index in [1.54, 1.807) is 0 Å². The van der Waals surface area contributed by atoms with Gasteiger partial charge < -0.3 is 15.8 Å². The third kappa shape index (κ3) is 3.99. The van der Waals surface area contributed by atoms with Crippen molar-refractivity contribution in [3.63, 3.8) is 0 Å². The Hall–Kier alpha value is -1.04. The molecule has 0 unspecified atom stereocenters. The minimum Gasteiger partial charge on any atom is -0.377 e. The molecule has 1 aromatic heterocycles. The molecular weight excluding hydrogens is 264 g/mol. The molecule has 1 saturated heterocycles. The molecular formula is C16H26N4O. The van der Waals surface area contributed by atoms with Crippen LogP contribution in [0.25, 0.3) is 0 Å². The zero-order valence-electron chi connectivity index (χ0n) is 12.6. The topological polar surface area (TPSA) is 73.1 Å². The number of piperidine rings is 1. The third-order valence-electron chi connectivity index (χ3n) is 4.77. The average molecular weight is 290 g/mol. The molecule has 2 heterocycles. The Morgan fingerprint density at radius 3 is 2.62 bits per heavy atom. The number of aromatic nitrogens is 2.